The van der Waals surface area contributed by atoms with Crippen molar-refractivity contribution < 1.29 is 13.9 Å². The fourth-order valence-corrected chi connectivity index (χ4v) is 3.37. The summed E-state index contributed by atoms with van der Waals surface area (Å²) in [5.74, 6) is 3.26. The third-order valence-electron chi connectivity index (χ3n) is 4.83. The first-order chi connectivity index (χ1) is 13.7. The van der Waals surface area contributed by atoms with E-state index < -0.39 is 0 Å². The molecule has 2 heterocycles. The molecule has 0 unspecified atom stereocenters. The van der Waals surface area contributed by atoms with Crippen LogP contribution in [-0.2, 0) is 19.5 Å². The lowest BCUT2D eigenvalue weighted by molar-refractivity contribution is 0.256. The summed E-state index contributed by atoms with van der Waals surface area (Å²) in [6.45, 7) is 7.13. The van der Waals surface area contributed by atoms with Gasteiger partial charge in [0.2, 0.25) is 0 Å². The number of ether oxygens (including phenoxy) is 2. The molecule has 0 spiro atoms. The molecule has 1 aliphatic rings. The van der Waals surface area contributed by atoms with Gasteiger partial charge in [-0.2, -0.15) is 0 Å². The Hall–Kier alpha value is -2.67. The van der Waals surface area contributed by atoms with Gasteiger partial charge in [0.15, 0.2) is 17.5 Å². The van der Waals surface area contributed by atoms with Crippen LogP contribution in [0.25, 0.3) is 0 Å². The summed E-state index contributed by atoms with van der Waals surface area (Å²) in [7, 11) is 3.36. The Labute approximate surface area is 166 Å². The first kappa shape index (κ1) is 20.1. The zero-order chi connectivity index (χ0) is 19.8. The van der Waals surface area contributed by atoms with E-state index in [-0.39, 0.29) is 0 Å². The normalized spacial score (nSPS) is 14.5. The largest absolute Gasteiger partial charge is 0.493 e. The van der Waals surface area contributed by atoms with Crippen molar-refractivity contribution in [1.82, 2.24) is 15.5 Å². The summed E-state index contributed by atoms with van der Waals surface area (Å²) in [5.41, 5.74) is 2.65. The summed E-state index contributed by atoms with van der Waals surface area (Å²) in [4.78, 5) is 7.01. The quantitative estimate of drug-likeness (QED) is 0.536. The standard InChI is InChI=1S/C21H30N4O3/c1-4-22-21(24-14-18-6-5-11-28-18)23-8-10-25-9-7-16-12-19(26-2)20(27-3)13-17(16)15-25/h5-6,11-13H,4,7-10,14-15H2,1-3H3,(H2,22,23,24). The Morgan fingerprint density at radius 3 is 2.64 bits per heavy atom. The highest BCUT2D eigenvalue weighted by molar-refractivity contribution is 5.79. The maximum atomic E-state index is 5.45. The summed E-state index contributed by atoms with van der Waals surface area (Å²) in [6.07, 6.45) is 2.69. The lowest BCUT2D eigenvalue weighted by Gasteiger charge is -2.29. The van der Waals surface area contributed by atoms with Gasteiger partial charge in [-0.25, -0.2) is 4.99 Å². The van der Waals surface area contributed by atoms with Gasteiger partial charge in [-0.15, -0.1) is 0 Å². The fraction of sp³-hybridized carbons (Fsp3) is 0.476. The molecule has 2 N–H and O–H groups in total. The van der Waals surface area contributed by atoms with Crippen molar-refractivity contribution in [2.45, 2.75) is 26.4 Å². The van der Waals surface area contributed by atoms with Gasteiger partial charge >= 0.3 is 0 Å². The molecule has 2 aromatic rings. The lowest BCUT2D eigenvalue weighted by atomic mass is 9.99. The first-order valence-electron chi connectivity index (χ1n) is 9.74. The molecule has 3 rings (SSSR count). The van der Waals surface area contributed by atoms with E-state index in [1.54, 1.807) is 20.5 Å². The van der Waals surface area contributed by atoms with Crippen molar-refractivity contribution in [2.75, 3.05) is 40.4 Å². The van der Waals surface area contributed by atoms with E-state index in [4.69, 9.17) is 13.9 Å². The number of guanidine groups is 1. The van der Waals surface area contributed by atoms with Gasteiger partial charge in [-0.3, -0.25) is 4.90 Å². The third kappa shape index (κ3) is 5.19. The highest BCUT2D eigenvalue weighted by Gasteiger charge is 2.19. The maximum Gasteiger partial charge on any atom is 0.191 e. The minimum atomic E-state index is 0.529. The van der Waals surface area contributed by atoms with Crippen molar-refractivity contribution >= 4 is 5.96 Å². The van der Waals surface area contributed by atoms with Gasteiger partial charge < -0.3 is 24.5 Å². The van der Waals surface area contributed by atoms with Crippen LogP contribution < -0.4 is 20.1 Å². The topological polar surface area (TPSA) is 71.3 Å². The molecule has 0 amide bonds. The van der Waals surface area contributed by atoms with E-state index in [1.807, 2.05) is 12.1 Å². The van der Waals surface area contributed by atoms with E-state index in [9.17, 15) is 0 Å². The molecule has 1 aliphatic heterocycles. The van der Waals surface area contributed by atoms with Gasteiger partial charge in [-0.1, -0.05) is 0 Å². The Morgan fingerprint density at radius 2 is 1.96 bits per heavy atom. The molecule has 0 saturated carbocycles. The fourth-order valence-electron chi connectivity index (χ4n) is 3.37. The zero-order valence-corrected chi connectivity index (χ0v) is 17.0. The van der Waals surface area contributed by atoms with Crippen molar-refractivity contribution in [1.29, 1.82) is 0 Å². The van der Waals surface area contributed by atoms with Crippen molar-refractivity contribution in [3.05, 3.63) is 47.4 Å². The smallest absolute Gasteiger partial charge is 0.191 e. The molecule has 7 nitrogen and oxygen atoms in total. The highest BCUT2D eigenvalue weighted by Crippen LogP contribution is 2.33. The number of hydrogen-bond acceptors (Lipinski definition) is 5. The second-order valence-electron chi connectivity index (χ2n) is 6.70. The molecule has 0 radical (unpaired) electrons. The molecule has 0 saturated heterocycles. The number of nitrogens with one attached hydrogen (secondary N) is 2. The van der Waals surface area contributed by atoms with E-state index in [0.717, 1.165) is 62.4 Å². The minimum Gasteiger partial charge on any atom is -0.493 e. The summed E-state index contributed by atoms with van der Waals surface area (Å²) in [6, 6.07) is 8.02. The Balaban J connectivity index is 1.53. The van der Waals surface area contributed by atoms with Crippen molar-refractivity contribution in [2.24, 2.45) is 4.99 Å². The van der Waals surface area contributed by atoms with Crippen LogP contribution in [0.2, 0.25) is 0 Å². The molecule has 0 bridgehead atoms. The van der Waals surface area contributed by atoms with E-state index in [2.05, 4.69) is 39.6 Å². The predicted molar refractivity (Wildman–Crippen MR) is 110 cm³/mol. The van der Waals surface area contributed by atoms with Gasteiger partial charge in [0, 0.05) is 32.7 Å². The summed E-state index contributed by atoms with van der Waals surface area (Å²) >= 11 is 0. The molecule has 28 heavy (non-hydrogen) atoms. The lowest BCUT2D eigenvalue weighted by Crippen LogP contribution is -2.42. The Morgan fingerprint density at radius 1 is 1.18 bits per heavy atom. The highest BCUT2D eigenvalue weighted by atomic mass is 16.5. The van der Waals surface area contributed by atoms with Crippen molar-refractivity contribution in [3.63, 3.8) is 0 Å². The average Bonchev–Trinajstić information content (AvgIpc) is 3.24. The van der Waals surface area contributed by atoms with Gasteiger partial charge in [0.1, 0.15) is 12.3 Å². The number of benzene rings is 1. The second kappa shape index (κ2) is 10.0. The molecule has 1 aromatic carbocycles. The molecule has 0 fully saturated rings. The Bertz CT molecular complexity index is 774. The molecular formula is C21H30N4O3. The number of nitrogens with zero attached hydrogens (tertiary/aromatic N) is 2. The minimum absolute atomic E-state index is 0.529. The number of aliphatic imine (C=N–C) groups is 1. The average molecular weight is 386 g/mol. The van der Waals surface area contributed by atoms with Crippen LogP contribution in [0.1, 0.15) is 23.8 Å². The van der Waals surface area contributed by atoms with E-state index >= 15 is 0 Å². The van der Waals surface area contributed by atoms with Crippen LogP contribution in [0.4, 0.5) is 0 Å². The van der Waals surface area contributed by atoms with Crippen LogP contribution >= 0.6 is 0 Å². The van der Waals surface area contributed by atoms with Crippen LogP contribution in [0.5, 0.6) is 11.5 Å². The van der Waals surface area contributed by atoms with Gasteiger partial charge in [-0.05, 0) is 48.7 Å². The van der Waals surface area contributed by atoms with Gasteiger partial charge in [0.25, 0.3) is 0 Å². The molecule has 0 atom stereocenters. The van der Waals surface area contributed by atoms with Crippen LogP contribution in [0.15, 0.2) is 39.9 Å². The number of fused-ring (bicyclic) bond motifs is 1. The number of hydrogen-bond donors (Lipinski definition) is 2. The molecular weight excluding hydrogens is 356 g/mol. The number of rotatable bonds is 8. The third-order valence-corrected chi connectivity index (χ3v) is 4.83. The molecule has 152 valence electrons. The zero-order valence-electron chi connectivity index (χ0n) is 17.0. The molecule has 0 aliphatic carbocycles. The van der Waals surface area contributed by atoms with Crippen LogP contribution in [0, 0.1) is 0 Å². The second-order valence-corrected chi connectivity index (χ2v) is 6.70. The monoisotopic (exact) mass is 386 g/mol. The number of furan rings is 1. The first-order valence-corrected chi connectivity index (χ1v) is 9.74. The summed E-state index contributed by atoms with van der Waals surface area (Å²) in [5, 5.41) is 6.68. The van der Waals surface area contributed by atoms with Crippen LogP contribution in [-0.4, -0.2) is 51.3 Å². The number of methoxy groups -OCH3 is 2. The van der Waals surface area contributed by atoms with E-state index in [0.29, 0.717) is 6.54 Å². The van der Waals surface area contributed by atoms with Crippen LogP contribution in [0.3, 0.4) is 0 Å². The van der Waals surface area contributed by atoms with Crippen molar-refractivity contribution in [3.8, 4) is 11.5 Å². The maximum absolute atomic E-state index is 5.45. The molecule has 7 heteroatoms. The summed E-state index contributed by atoms with van der Waals surface area (Å²) < 4.78 is 16.2. The SMILES string of the molecule is CCNC(=NCc1ccco1)NCCN1CCc2cc(OC)c(OC)cc2C1. The molecule has 1 aromatic heterocycles. The Kier molecular flexibility index (Phi) is 7.19. The van der Waals surface area contributed by atoms with E-state index in [1.165, 1.54) is 11.1 Å². The predicted octanol–water partition coefficient (Wildman–Crippen LogP) is 2.41. The van der Waals surface area contributed by atoms with Gasteiger partial charge in [0.05, 0.1) is 20.5 Å².